The van der Waals surface area contributed by atoms with Crippen LogP contribution in [0.5, 0.6) is 0 Å². The summed E-state index contributed by atoms with van der Waals surface area (Å²) in [5.41, 5.74) is 5.01. The van der Waals surface area contributed by atoms with Gasteiger partial charge in [-0.25, -0.2) is 9.97 Å². The van der Waals surface area contributed by atoms with E-state index in [9.17, 15) is 18.0 Å². The van der Waals surface area contributed by atoms with E-state index < -0.39 is 17.8 Å². The van der Waals surface area contributed by atoms with Crippen molar-refractivity contribution in [2.24, 2.45) is 5.73 Å². The number of halogens is 4. The molecule has 0 aromatic carbocycles. The monoisotopic (exact) mass is 480 g/mol. The molecule has 1 unspecified atom stereocenters. The van der Waals surface area contributed by atoms with Crippen molar-refractivity contribution in [1.29, 1.82) is 0 Å². The first kappa shape index (κ1) is 18.2. The summed E-state index contributed by atoms with van der Waals surface area (Å²) < 4.78 is 39.5. The number of nitrogens with two attached hydrogens (primary N) is 1. The van der Waals surface area contributed by atoms with Gasteiger partial charge in [-0.05, 0) is 51.7 Å². The van der Waals surface area contributed by atoms with Crippen molar-refractivity contribution in [3.05, 3.63) is 50.2 Å². The Morgan fingerprint density at radius 1 is 1.44 bits per heavy atom. The summed E-state index contributed by atoms with van der Waals surface area (Å²) in [7, 11) is 0. The van der Waals surface area contributed by atoms with Crippen molar-refractivity contribution < 1.29 is 18.0 Å². The van der Waals surface area contributed by atoms with Crippen LogP contribution in [-0.4, -0.2) is 20.6 Å². The lowest BCUT2D eigenvalue weighted by Crippen LogP contribution is -2.25. The third kappa shape index (κ3) is 3.54. The fourth-order valence-corrected chi connectivity index (χ4v) is 5.10. The molecule has 0 spiro atoms. The van der Waals surface area contributed by atoms with Gasteiger partial charge in [0.05, 0.1) is 9.78 Å². The number of carbonyl (C=O) groups is 1. The molecule has 1 amide bonds. The molecule has 3 rings (SSSR count). The Kier molecular flexibility index (Phi) is 4.60. The van der Waals surface area contributed by atoms with E-state index in [4.69, 9.17) is 5.73 Å². The molecule has 2 aliphatic rings. The SMILES string of the molecule is CC12CC(I)=CC=C1N/C(=C(\C(N)=O)c1nccc(C(F)(F)F)n1)S2. The predicted molar refractivity (Wildman–Crippen MR) is 97.1 cm³/mol. The summed E-state index contributed by atoms with van der Waals surface area (Å²) in [5, 5.41) is 3.45. The molecule has 3 N–H and O–H groups in total. The number of thioether (sulfide) groups is 1. The van der Waals surface area contributed by atoms with E-state index in [0.29, 0.717) is 5.03 Å². The summed E-state index contributed by atoms with van der Waals surface area (Å²) in [6, 6.07) is 0.748. The van der Waals surface area contributed by atoms with E-state index >= 15 is 0 Å². The van der Waals surface area contributed by atoms with Crippen LogP contribution >= 0.6 is 34.4 Å². The third-order valence-corrected chi connectivity index (χ3v) is 5.79. The molecule has 10 heteroatoms. The van der Waals surface area contributed by atoms with Crippen molar-refractivity contribution in [3.8, 4) is 0 Å². The van der Waals surface area contributed by atoms with Gasteiger partial charge in [0.1, 0.15) is 11.3 Å². The largest absolute Gasteiger partial charge is 0.433 e. The number of rotatable bonds is 2. The average Bonchev–Trinajstić information content (AvgIpc) is 2.82. The number of alkyl halides is 3. The fourth-order valence-electron chi connectivity index (χ4n) is 2.54. The molecule has 0 bridgehead atoms. The number of primary amides is 1. The highest BCUT2D eigenvalue weighted by atomic mass is 127. The second-order valence-corrected chi connectivity index (χ2v) is 8.56. The van der Waals surface area contributed by atoms with Crippen molar-refractivity contribution >= 4 is 45.8 Å². The van der Waals surface area contributed by atoms with E-state index in [-0.39, 0.29) is 16.1 Å². The zero-order chi connectivity index (χ0) is 18.4. The number of nitrogens with zero attached hydrogens (tertiary/aromatic N) is 2. The Morgan fingerprint density at radius 3 is 2.80 bits per heavy atom. The molecule has 5 nitrogen and oxygen atoms in total. The van der Waals surface area contributed by atoms with Crippen LogP contribution in [-0.2, 0) is 11.0 Å². The molecule has 132 valence electrons. The highest BCUT2D eigenvalue weighted by Gasteiger charge is 2.42. The predicted octanol–water partition coefficient (Wildman–Crippen LogP) is 3.35. The van der Waals surface area contributed by atoms with Gasteiger partial charge in [0.25, 0.3) is 5.91 Å². The minimum atomic E-state index is -4.64. The highest BCUT2D eigenvalue weighted by molar-refractivity contribution is 14.1. The second kappa shape index (κ2) is 6.31. The summed E-state index contributed by atoms with van der Waals surface area (Å²) >= 11 is 3.56. The Labute approximate surface area is 159 Å². The van der Waals surface area contributed by atoms with E-state index in [1.807, 2.05) is 19.1 Å². The lowest BCUT2D eigenvalue weighted by molar-refractivity contribution is -0.141. The van der Waals surface area contributed by atoms with Gasteiger partial charge in [-0.15, -0.1) is 0 Å². The average molecular weight is 480 g/mol. The fraction of sp³-hybridized carbons (Fsp3) is 0.267. The Morgan fingerprint density at radius 2 is 2.16 bits per heavy atom. The van der Waals surface area contributed by atoms with Gasteiger partial charge >= 0.3 is 6.18 Å². The molecule has 1 atom stereocenters. The van der Waals surface area contributed by atoms with Crippen molar-refractivity contribution in [2.75, 3.05) is 0 Å². The molecule has 0 saturated carbocycles. The molecule has 1 aromatic rings. The number of amides is 1. The van der Waals surface area contributed by atoms with Crippen molar-refractivity contribution in [2.45, 2.75) is 24.3 Å². The van der Waals surface area contributed by atoms with Crippen LogP contribution in [0.15, 0.2) is 38.7 Å². The van der Waals surface area contributed by atoms with Crippen molar-refractivity contribution in [3.63, 3.8) is 0 Å². The third-order valence-electron chi connectivity index (χ3n) is 3.73. The Hall–Kier alpha value is -1.56. The molecule has 0 radical (unpaired) electrons. The second-order valence-electron chi connectivity index (χ2n) is 5.66. The van der Waals surface area contributed by atoms with Gasteiger partial charge in [0.2, 0.25) is 0 Å². The van der Waals surface area contributed by atoms with Crippen LogP contribution in [0, 0.1) is 0 Å². The normalized spacial score (nSPS) is 24.8. The summed E-state index contributed by atoms with van der Waals surface area (Å²) in [5.74, 6) is -1.23. The lowest BCUT2D eigenvalue weighted by Gasteiger charge is -2.25. The first-order chi connectivity index (χ1) is 11.6. The lowest BCUT2D eigenvalue weighted by atomic mass is 9.98. The zero-order valence-corrected chi connectivity index (χ0v) is 15.8. The Balaban J connectivity index is 2.07. The van der Waals surface area contributed by atoms with Gasteiger partial charge in [0, 0.05) is 11.9 Å². The van der Waals surface area contributed by atoms with Gasteiger partial charge in [-0.1, -0.05) is 17.8 Å². The topological polar surface area (TPSA) is 80.9 Å². The number of nitrogens with one attached hydrogen (secondary N) is 1. The molecule has 25 heavy (non-hydrogen) atoms. The molecule has 1 aliphatic heterocycles. The van der Waals surface area contributed by atoms with Crippen LogP contribution in [0.3, 0.4) is 0 Å². The van der Waals surface area contributed by atoms with Gasteiger partial charge in [0.15, 0.2) is 5.82 Å². The number of hydrogen-bond acceptors (Lipinski definition) is 5. The van der Waals surface area contributed by atoms with E-state index in [0.717, 1.165) is 28.0 Å². The smallest absolute Gasteiger partial charge is 0.365 e. The summed E-state index contributed by atoms with van der Waals surface area (Å²) in [6.45, 7) is 1.99. The standard InChI is InChI=1S/C15H12F3IN4OS/c1-14-6-7(19)2-3-8(14)23-13(25-14)10(11(20)24)12-21-5-4-9(22-12)15(16,17)18/h2-5,23H,6H2,1H3,(H2,20,24)/b13-10-. The number of allylic oxidation sites excluding steroid dienone is 3. The first-order valence-electron chi connectivity index (χ1n) is 7.08. The van der Waals surface area contributed by atoms with E-state index in [1.54, 1.807) is 0 Å². The quantitative estimate of drug-likeness (QED) is 0.502. The van der Waals surface area contributed by atoms with Crippen LogP contribution in [0.1, 0.15) is 24.9 Å². The van der Waals surface area contributed by atoms with Crippen LogP contribution in [0.25, 0.3) is 5.57 Å². The molecule has 2 heterocycles. The maximum absolute atomic E-state index is 12.9. The van der Waals surface area contributed by atoms with Crippen LogP contribution in [0.4, 0.5) is 13.2 Å². The first-order valence-corrected chi connectivity index (χ1v) is 8.97. The number of carbonyl (C=O) groups excluding carboxylic acids is 1. The molecule has 1 fully saturated rings. The maximum atomic E-state index is 12.9. The van der Waals surface area contributed by atoms with Crippen LogP contribution < -0.4 is 11.1 Å². The Bertz CT molecular complexity index is 849. The molecule has 1 aliphatic carbocycles. The van der Waals surface area contributed by atoms with Gasteiger partial charge in [-0.3, -0.25) is 4.79 Å². The minimum Gasteiger partial charge on any atom is -0.365 e. The van der Waals surface area contributed by atoms with Crippen LogP contribution in [0.2, 0.25) is 0 Å². The molecular formula is C15H12F3IN4OS. The van der Waals surface area contributed by atoms with Gasteiger partial charge in [-0.2, -0.15) is 13.2 Å². The minimum absolute atomic E-state index is 0.150. The van der Waals surface area contributed by atoms with Crippen molar-refractivity contribution in [1.82, 2.24) is 15.3 Å². The maximum Gasteiger partial charge on any atom is 0.433 e. The number of hydrogen-bond donors (Lipinski definition) is 2. The van der Waals surface area contributed by atoms with E-state index in [1.165, 1.54) is 11.8 Å². The summed E-state index contributed by atoms with van der Waals surface area (Å²) in [6.07, 6.45) is 0.891. The number of aromatic nitrogens is 2. The zero-order valence-electron chi connectivity index (χ0n) is 12.8. The molecule has 1 saturated heterocycles. The molecular weight excluding hydrogens is 468 g/mol. The summed E-state index contributed by atoms with van der Waals surface area (Å²) in [4.78, 5) is 19.2. The molecule has 1 aromatic heterocycles. The van der Waals surface area contributed by atoms with E-state index in [2.05, 4.69) is 37.9 Å². The van der Waals surface area contributed by atoms with Gasteiger partial charge < -0.3 is 11.1 Å². The number of fused-ring (bicyclic) bond motifs is 1. The highest BCUT2D eigenvalue weighted by Crippen LogP contribution is 2.51.